The van der Waals surface area contributed by atoms with Crippen molar-refractivity contribution in [3.63, 3.8) is 0 Å². The maximum absolute atomic E-state index is 13.1. The van der Waals surface area contributed by atoms with Crippen LogP contribution in [0.3, 0.4) is 0 Å². The Hall–Kier alpha value is -1.06. The molecule has 0 aliphatic heterocycles. The van der Waals surface area contributed by atoms with Crippen LogP contribution >= 0.6 is 0 Å². The summed E-state index contributed by atoms with van der Waals surface area (Å²) in [4.78, 5) is 0.291. The molecule has 0 heterocycles. The van der Waals surface area contributed by atoms with Gasteiger partial charge in [0.1, 0.15) is 0 Å². The molecule has 0 saturated heterocycles. The molecule has 0 bridgehead atoms. The van der Waals surface area contributed by atoms with Crippen molar-refractivity contribution in [1.29, 1.82) is 0 Å². The summed E-state index contributed by atoms with van der Waals surface area (Å²) in [6.45, 7) is 4.01. The maximum atomic E-state index is 13.1. The Balaban J connectivity index is 0.00000160. The van der Waals surface area contributed by atoms with E-state index in [1.54, 1.807) is 12.1 Å². The zero-order valence-corrected chi connectivity index (χ0v) is 21.0. The summed E-state index contributed by atoms with van der Waals surface area (Å²) >= 11 is 0. The number of fused-ring (bicyclic) bond motifs is 1. The fourth-order valence-corrected chi connectivity index (χ4v) is 4.96. The van der Waals surface area contributed by atoms with Gasteiger partial charge in [0.25, 0.3) is 0 Å². The normalized spacial score (nSPS) is 14.9. The summed E-state index contributed by atoms with van der Waals surface area (Å²) in [6, 6.07) is 22.9. The summed E-state index contributed by atoms with van der Waals surface area (Å²) < 4.78 is 29.1. The molecule has 1 aliphatic rings. The third-order valence-electron chi connectivity index (χ3n) is 5.24. The third kappa shape index (κ3) is 5.04. The van der Waals surface area contributed by atoms with Crippen LogP contribution in [0.5, 0.6) is 0 Å². The molecular formula is C24H23ClNO2SSm-. The molecule has 1 unspecified atom stereocenters. The molecule has 156 valence electrons. The number of hydrogen-bond donors (Lipinski definition) is 1. The van der Waals surface area contributed by atoms with Gasteiger partial charge in [0, 0.05) is 40.4 Å². The molecule has 4 rings (SSSR count). The van der Waals surface area contributed by atoms with Crippen LogP contribution in [-0.4, -0.2) is 8.42 Å². The third-order valence-corrected chi connectivity index (χ3v) is 6.68. The molecule has 1 atom stereocenters. The molecule has 1 N–H and O–H groups in total. The number of hydrogen-bond acceptors (Lipinski definition) is 2. The van der Waals surface area contributed by atoms with Crippen molar-refractivity contribution in [2.75, 3.05) is 0 Å². The topological polar surface area (TPSA) is 46.2 Å². The molecular weight excluding hydrogens is 552 g/mol. The number of benzene rings is 3. The molecule has 0 aromatic heterocycles. The van der Waals surface area contributed by atoms with Crippen LogP contribution in [0.25, 0.3) is 17.2 Å². The van der Waals surface area contributed by atoms with E-state index in [1.807, 2.05) is 43.3 Å². The maximum Gasteiger partial charge on any atom is 0.241 e. The average molecular weight is 575 g/mol. The number of aryl methyl sites for hydroxylation is 1. The van der Waals surface area contributed by atoms with Crippen molar-refractivity contribution in [3.8, 4) is 11.1 Å². The molecule has 0 amide bonds. The van der Waals surface area contributed by atoms with Gasteiger partial charge in [0.05, 0.1) is 10.9 Å². The van der Waals surface area contributed by atoms with E-state index in [9.17, 15) is 8.42 Å². The van der Waals surface area contributed by atoms with Gasteiger partial charge in [0.2, 0.25) is 10.0 Å². The van der Waals surface area contributed by atoms with E-state index < -0.39 is 10.0 Å². The van der Waals surface area contributed by atoms with Crippen LogP contribution in [0, 0.1) is 47.3 Å². The molecule has 3 aromatic carbocycles. The first-order valence-electron chi connectivity index (χ1n) is 9.47. The standard InChI is InChI=1S/C24H23NO2S.ClH.Sm/c1-3-18-16-20-10-7-11-22(19-8-5-4-6-9-19)23(20)24(18)25-28(26,27)21-14-12-17(2)13-15-21;;/h4-16,24-25H,3H2,1-2H3;1H;/p-1. The van der Waals surface area contributed by atoms with E-state index in [0.717, 1.165) is 39.8 Å². The van der Waals surface area contributed by atoms with Crippen molar-refractivity contribution in [1.82, 2.24) is 4.72 Å². The Morgan fingerprint density at radius 1 is 0.900 bits per heavy atom. The summed E-state index contributed by atoms with van der Waals surface area (Å²) in [5.41, 5.74) is 6.37. The monoisotopic (exact) mass is 576 g/mol. The van der Waals surface area contributed by atoms with Crippen LogP contribution < -0.4 is 17.1 Å². The summed E-state index contributed by atoms with van der Waals surface area (Å²) in [5.74, 6) is 0. The van der Waals surface area contributed by atoms with Gasteiger partial charge in [-0.05, 0) is 53.3 Å². The van der Waals surface area contributed by atoms with Gasteiger partial charge in [-0.15, -0.1) is 0 Å². The van der Waals surface area contributed by atoms with Crippen molar-refractivity contribution in [3.05, 3.63) is 95.1 Å². The van der Waals surface area contributed by atoms with E-state index >= 15 is 0 Å². The van der Waals surface area contributed by atoms with E-state index in [4.69, 9.17) is 0 Å². The second-order valence-electron chi connectivity index (χ2n) is 7.11. The van der Waals surface area contributed by atoms with Gasteiger partial charge < -0.3 is 12.4 Å². The Labute approximate surface area is 217 Å². The average Bonchev–Trinajstić information content (AvgIpc) is 3.06. The fraction of sp³-hybridized carbons (Fsp3) is 0.167. The SMILES string of the molecule is CCC1=Cc2cccc(-c3ccccc3)c2C1NS(=O)(=O)c1ccc(C)cc1.[Cl-].[Sm]. The number of nitrogens with one attached hydrogen (secondary N) is 1. The number of sulfonamides is 1. The van der Waals surface area contributed by atoms with E-state index in [0.29, 0.717) is 4.90 Å². The fourth-order valence-electron chi connectivity index (χ4n) is 3.75. The molecule has 30 heavy (non-hydrogen) atoms. The van der Waals surface area contributed by atoms with Gasteiger partial charge in [-0.3, -0.25) is 0 Å². The molecule has 3 nitrogen and oxygen atoms in total. The van der Waals surface area contributed by atoms with Gasteiger partial charge in [-0.2, -0.15) is 4.72 Å². The molecule has 0 radical (unpaired) electrons. The minimum atomic E-state index is -3.64. The molecule has 6 heteroatoms. The van der Waals surface area contributed by atoms with Crippen LogP contribution in [0.4, 0.5) is 0 Å². The molecule has 0 spiro atoms. The molecule has 0 fully saturated rings. The first-order chi connectivity index (χ1) is 13.5. The van der Waals surface area contributed by atoms with Gasteiger partial charge in [0.15, 0.2) is 0 Å². The minimum Gasteiger partial charge on any atom is -1.00 e. The zero-order chi connectivity index (χ0) is 19.7. The Bertz CT molecular complexity index is 1140. The molecule has 0 saturated carbocycles. The van der Waals surface area contributed by atoms with Gasteiger partial charge >= 0.3 is 0 Å². The van der Waals surface area contributed by atoms with Gasteiger partial charge in [-0.25, -0.2) is 8.42 Å². The largest absolute Gasteiger partial charge is 1.00 e. The van der Waals surface area contributed by atoms with E-state index in [-0.39, 0.29) is 58.8 Å². The molecule has 3 aromatic rings. The zero-order valence-electron chi connectivity index (χ0n) is 16.8. The quantitative estimate of drug-likeness (QED) is 0.509. The number of rotatable bonds is 5. The Morgan fingerprint density at radius 2 is 1.57 bits per heavy atom. The predicted octanol–water partition coefficient (Wildman–Crippen LogP) is 2.49. The Morgan fingerprint density at radius 3 is 2.20 bits per heavy atom. The second kappa shape index (κ2) is 10.5. The van der Waals surface area contributed by atoms with Crippen LogP contribution in [0.2, 0.25) is 0 Å². The van der Waals surface area contributed by atoms with Crippen LogP contribution in [0.15, 0.2) is 83.3 Å². The molecule has 1 aliphatic carbocycles. The summed E-state index contributed by atoms with van der Waals surface area (Å²) in [7, 11) is -3.64. The predicted molar refractivity (Wildman–Crippen MR) is 114 cm³/mol. The summed E-state index contributed by atoms with van der Waals surface area (Å²) in [5, 5.41) is 0. The minimum absolute atomic E-state index is 0. The Kier molecular flexibility index (Phi) is 8.82. The number of halogens is 1. The van der Waals surface area contributed by atoms with Crippen LogP contribution in [0.1, 0.15) is 36.1 Å². The van der Waals surface area contributed by atoms with Gasteiger partial charge in [-0.1, -0.05) is 79.2 Å². The van der Waals surface area contributed by atoms with E-state index in [1.165, 1.54) is 0 Å². The van der Waals surface area contributed by atoms with E-state index in [2.05, 4.69) is 42.0 Å². The van der Waals surface area contributed by atoms with Crippen LogP contribution in [-0.2, 0) is 10.0 Å². The van der Waals surface area contributed by atoms with Crippen molar-refractivity contribution in [2.45, 2.75) is 31.2 Å². The van der Waals surface area contributed by atoms with Crippen molar-refractivity contribution >= 4 is 16.1 Å². The smallest absolute Gasteiger partial charge is 0.241 e. The second-order valence-corrected chi connectivity index (χ2v) is 8.83. The van der Waals surface area contributed by atoms with Crippen molar-refractivity contribution < 1.29 is 61.2 Å². The first kappa shape index (κ1) is 25.2. The first-order valence-corrected chi connectivity index (χ1v) is 11.0. The summed E-state index contributed by atoms with van der Waals surface area (Å²) in [6.07, 6.45) is 2.90. The van der Waals surface area contributed by atoms with Crippen molar-refractivity contribution in [2.24, 2.45) is 0 Å².